The van der Waals surface area contributed by atoms with E-state index in [2.05, 4.69) is 73.0 Å². The van der Waals surface area contributed by atoms with Gasteiger partial charge in [-0.2, -0.15) is 0 Å². The molecular weight excluding hydrogens is 362 g/mol. The largest absolute Gasteiger partial charge is 0.489 e. The van der Waals surface area contributed by atoms with Gasteiger partial charge in [0.15, 0.2) is 0 Å². The quantitative estimate of drug-likeness (QED) is 0.548. The van der Waals surface area contributed by atoms with Crippen LogP contribution in [-0.2, 0) is 19.4 Å². The molecule has 1 unspecified atom stereocenters. The predicted octanol–water partition coefficient (Wildman–Crippen LogP) is 5.72. The Balaban J connectivity index is 1.38. The molecule has 28 heavy (non-hydrogen) atoms. The average Bonchev–Trinajstić information content (AvgIpc) is 2.77. The maximum absolute atomic E-state index is 6.06. The van der Waals surface area contributed by atoms with Crippen LogP contribution in [-0.4, -0.2) is 12.8 Å². The van der Waals surface area contributed by atoms with Gasteiger partial charge in [-0.05, 0) is 90.1 Å². The summed E-state index contributed by atoms with van der Waals surface area (Å²) in [7, 11) is 0. The fourth-order valence-corrected chi connectivity index (χ4v) is 4.25. The first kappa shape index (κ1) is 19.1. The number of hydrogen-bond acceptors (Lipinski definition) is 3. The second kappa shape index (κ2) is 8.85. The lowest BCUT2D eigenvalue weighted by Gasteiger charge is -2.23. The van der Waals surface area contributed by atoms with Crippen LogP contribution < -0.4 is 10.5 Å². The standard InChI is InChI=1S/C25H27NOS/c1-28-25-12-9-21(10-13-25)20-5-2-18(3-6-20)17-27-24-11-8-22-14-19(16-26)4-7-23(22)15-24/h2-3,5-6,8-13,15,19H,4,7,14,16-17,26H2,1H3. The normalized spacial score (nSPS) is 15.9. The minimum atomic E-state index is 0.593. The summed E-state index contributed by atoms with van der Waals surface area (Å²) in [6, 6.07) is 23.9. The lowest BCUT2D eigenvalue weighted by Crippen LogP contribution is -2.22. The fraction of sp³-hybridized carbons (Fsp3) is 0.280. The minimum absolute atomic E-state index is 0.593. The van der Waals surface area contributed by atoms with Crippen molar-refractivity contribution < 1.29 is 4.74 Å². The van der Waals surface area contributed by atoms with Gasteiger partial charge in [-0.3, -0.25) is 0 Å². The molecule has 144 valence electrons. The zero-order valence-electron chi connectivity index (χ0n) is 16.4. The highest BCUT2D eigenvalue weighted by Gasteiger charge is 2.17. The molecule has 1 aliphatic rings. The van der Waals surface area contributed by atoms with Gasteiger partial charge in [-0.15, -0.1) is 11.8 Å². The van der Waals surface area contributed by atoms with Crippen molar-refractivity contribution in [1.29, 1.82) is 0 Å². The SMILES string of the molecule is CSc1ccc(-c2ccc(COc3ccc4c(c3)CCC(CN)C4)cc2)cc1. The molecule has 1 aliphatic carbocycles. The summed E-state index contributed by atoms with van der Waals surface area (Å²) in [6.07, 6.45) is 5.50. The number of hydrogen-bond donors (Lipinski definition) is 1. The van der Waals surface area contributed by atoms with Crippen molar-refractivity contribution in [3.8, 4) is 16.9 Å². The fourth-order valence-electron chi connectivity index (χ4n) is 3.84. The second-order valence-corrected chi connectivity index (χ2v) is 8.37. The van der Waals surface area contributed by atoms with Crippen LogP contribution in [0.5, 0.6) is 5.75 Å². The van der Waals surface area contributed by atoms with Crippen LogP contribution in [0.3, 0.4) is 0 Å². The van der Waals surface area contributed by atoms with Crippen molar-refractivity contribution in [2.24, 2.45) is 11.7 Å². The van der Waals surface area contributed by atoms with Crippen LogP contribution in [0.15, 0.2) is 71.6 Å². The van der Waals surface area contributed by atoms with E-state index in [1.807, 2.05) is 0 Å². The number of aryl methyl sites for hydroxylation is 1. The van der Waals surface area contributed by atoms with Gasteiger partial charge in [0.1, 0.15) is 12.4 Å². The van der Waals surface area contributed by atoms with E-state index in [1.165, 1.54) is 39.1 Å². The Kier molecular flexibility index (Phi) is 6.04. The van der Waals surface area contributed by atoms with Gasteiger partial charge in [0, 0.05) is 4.90 Å². The molecule has 0 aliphatic heterocycles. The topological polar surface area (TPSA) is 35.2 Å². The van der Waals surface area contributed by atoms with Crippen molar-refractivity contribution in [1.82, 2.24) is 0 Å². The van der Waals surface area contributed by atoms with Gasteiger partial charge in [0.2, 0.25) is 0 Å². The predicted molar refractivity (Wildman–Crippen MR) is 119 cm³/mol. The molecule has 3 aromatic carbocycles. The maximum Gasteiger partial charge on any atom is 0.120 e. The summed E-state index contributed by atoms with van der Waals surface area (Å²) in [5.41, 5.74) is 12.4. The minimum Gasteiger partial charge on any atom is -0.489 e. The van der Waals surface area contributed by atoms with Crippen molar-refractivity contribution in [3.05, 3.63) is 83.4 Å². The van der Waals surface area contributed by atoms with E-state index >= 15 is 0 Å². The molecule has 0 heterocycles. The third-order valence-corrected chi connectivity index (χ3v) is 6.37. The molecule has 0 bridgehead atoms. The average molecular weight is 390 g/mol. The third kappa shape index (κ3) is 4.43. The highest BCUT2D eigenvalue weighted by Crippen LogP contribution is 2.29. The van der Waals surface area contributed by atoms with Crippen LogP contribution in [0, 0.1) is 5.92 Å². The van der Waals surface area contributed by atoms with Gasteiger partial charge in [0.05, 0.1) is 0 Å². The second-order valence-electron chi connectivity index (χ2n) is 7.49. The first-order chi connectivity index (χ1) is 13.7. The summed E-state index contributed by atoms with van der Waals surface area (Å²) in [4.78, 5) is 1.29. The van der Waals surface area contributed by atoms with Crippen LogP contribution in [0.4, 0.5) is 0 Å². The smallest absolute Gasteiger partial charge is 0.120 e. The molecule has 0 saturated carbocycles. The van der Waals surface area contributed by atoms with E-state index in [4.69, 9.17) is 10.5 Å². The van der Waals surface area contributed by atoms with E-state index in [-0.39, 0.29) is 0 Å². The number of rotatable bonds is 6. The molecule has 4 rings (SSSR count). The van der Waals surface area contributed by atoms with Crippen LogP contribution in [0.25, 0.3) is 11.1 Å². The Morgan fingerprint density at radius 2 is 1.64 bits per heavy atom. The molecule has 3 heteroatoms. The van der Waals surface area contributed by atoms with Crippen LogP contribution in [0.2, 0.25) is 0 Å². The summed E-state index contributed by atoms with van der Waals surface area (Å²) >= 11 is 1.77. The summed E-state index contributed by atoms with van der Waals surface area (Å²) in [6.45, 7) is 1.38. The summed E-state index contributed by atoms with van der Waals surface area (Å²) in [5.74, 6) is 1.59. The molecule has 0 fully saturated rings. The monoisotopic (exact) mass is 389 g/mol. The van der Waals surface area contributed by atoms with Crippen molar-refractivity contribution >= 4 is 11.8 Å². The number of ether oxygens (including phenoxy) is 1. The zero-order valence-corrected chi connectivity index (χ0v) is 17.2. The first-order valence-electron chi connectivity index (χ1n) is 9.93. The Labute approximate surface area is 172 Å². The molecule has 0 aromatic heterocycles. The molecule has 0 saturated heterocycles. The maximum atomic E-state index is 6.06. The van der Waals surface area contributed by atoms with E-state index in [0.717, 1.165) is 25.1 Å². The number of nitrogens with two attached hydrogens (primary N) is 1. The first-order valence-corrected chi connectivity index (χ1v) is 11.2. The summed E-state index contributed by atoms with van der Waals surface area (Å²) in [5, 5.41) is 0. The van der Waals surface area contributed by atoms with Gasteiger partial charge in [-0.25, -0.2) is 0 Å². The molecule has 3 aromatic rings. The summed E-state index contributed by atoms with van der Waals surface area (Å²) < 4.78 is 6.06. The Hall–Kier alpha value is -2.23. The number of benzene rings is 3. The molecular formula is C25H27NOS. The third-order valence-electron chi connectivity index (χ3n) is 5.62. The molecule has 2 N–H and O–H groups in total. The molecule has 0 spiro atoms. The highest BCUT2D eigenvalue weighted by atomic mass is 32.2. The Morgan fingerprint density at radius 1 is 0.929 bits per heavy atom. The highest BCUT2D eigenvalue weighted by molar-refractivity contribution is 7.98. The Morgan fingerprint density at radius 3 is 2.32 bits per heavy atom. The zero-order chi connectivity index (χ0) is 19.3. The van der Waals surface area contributed by atoms with E-state index < -0.39 is 0 Å². The molecule has 2 nitrogen and oxygen atoms in total. The van der Waals surface area contributed by atoms with Gasteiger partial charge in [0.25, 0.3) is 0 Å². The number of thioether (sulfide) groups is 1. The van der Waals surface area contributed by atoms with Crippen molar-refractivity contribution in [3.63, 3.8) is 0 Å². The van der Waals surface area contributed by atoms with Crippen molar-refractivity contribution in [2.45, 2.75) is 30.8 Å². The Bertz CT molecular complexity index is 918. The van der Waals surface area contributed by atoms with Crippen LogP contribution in [0.1, 0.15) is 23.1 Å². The van der Waals surface area contributed by atoms with Gasteiger partial charge < -0.3 is 10.5 Å². The number of fused-ring (bicyclic) bond motifs is 1. The molecule has 1 atom stereocenters. The van der Waals surface area contributed by atoms with E-state index in [9.17, 15) is 0 Å². The van der Waals surface area contributed by atoms with E-state index in [0.29, 0.717) is 12.5 Å². The van der Waals surface area contributed by atoms with E-state index in [1.54, 1.807) is 11.8 Å². The lowest BCUT2D eigenvalue weighted by atomic mass is 9.84. The molecule has 0 amide bonds. The lowest BCUT2D eigenvalue weighted by molar-refractivity contribution is 0.305. The van der Waals surface area contributed by atoms with Gasteiger partial charge in [-0.1, -0.05) is 42.5 Å². The molecule has 0 radical (unpaired) electrons. The van der Waals surface area contributed by atoms with Crippen LogP contribution >= 0.6 is 11.8 Å². The van der Waals surface area contributed by atoms with Gasteiger partial charge >= 0.3 is 0 Å². The van der Waals surface area contributed by atoms with Crippen molar-refractivity contribution in [2.75, 3.05) is 12.8 Å².